The number of benzene rings is 1. The largest absolute Gasteiger partial charge is 0.393 e. The molecule has 0 bridgehead atoms. The second-order valence-corrected chi connectivity index (χ2v) is 6.39. The first kappa shape index (κ1) is 15.0. The lowest BCUT2D eigenvalue weighted by Gasteiger charge is -2.24. The van der Waals surface area contributed by atoms with Gasteiger partial charge in [-0.3, -0.25) is 0 Å². The van der Waals surface area contributed by atoms with Gasteiger partial charge in [0.2, 0.25) is 0 Å². The highest BCUT2D eigenvalue weighted by Gasteiger charge is 2.48. The van der Waals surface area contributed by atoms with Crippen LogP contribution in [0.15, 0.2) is 24.3 Å². The SMILES string of the molecule is CC(O)CC(C)CNC1CC2(OCCO2)c2ccccc21. The predicted octanol–water partition coefficient (Wildman–Crippen LogP) is 2.33. The fourth-order valence-electron chi connectivity index (χ4n) is 3.56. The summed E-state index contributed by atoms with van der Waals surface area (Å²) in [7, 11) is 0. The fraction of sp³-hybridized carbons (Fsp3) is 0.647. The lowest BCUT2D eigenvalue weighted by Crippen LogP contribution is -2.29. The standard InChI is InChI=1S/C17H25NO3/c1-12(9-13(2)19)11-18-16-10-17(20-7-8-21-17)15-6-4-3-5-14(15)16/h3-6,12-13,16,18-19H,7-11H2,1-2H3. The molecule has 4 heteroatoms. The van der Waals surface area contributed by atoms with Crippen LogP contribution >= 0.6 is 0 Å². The molecule has 0 radical (unpaired) electrons. The molecule has 2 aliphatic rings. The molecular formula is C17H25NO3. The van der Waals surface area contributed by atoms with E-state index in [1.54, 1.807) is 0 Å². The molecule has 0 aromatic heterocycles. The quantitative estimate of drug-likeness (QED) is 0.874. The number of hydrogen-bond acceptors (Lipinski definition) is 4. The van der Waals surface area contributed by atoms with Crippen molar-refractivity contribution in [2.75, 3.05) is 19.8 Å². The summed E-state index contributed by atoms with van der Waals surface area (Å²) in [5, 5.41) is 13.1. The minimum atomic E-state index is -0.540. The number of nitrogens with one attached hydrogen (secondary N) is 1. The lowest BCUT2D eigenvalue weighted by molar-refractivity contribution is -0.166. The van der Waals surface area contributed by atoms with E-state index in [9.17, 15) is 5.11 Å². The summed E-state index contributed by atoms with van der Waals surface area (Å²) in [4.78, 5) is 0. The summed E-state index contributed by atoms with van der Waals surface area (Å²) in [6.45, 7) is 6.23. The molecule has 1 fully saturated rings. The molecule has 1 aliphatic heterocycles. The highest BCUT2D eigenvalue weighted by Crippen LogP contribution is 2.48. The van der Waals surface area contributed by atoms with Gasteiger partial charge in [0.05, 0.1) is 19.3 Å². The number of hydrogen-bond donors (Lipinski definition) is 2. The summed E-state index contributed by atoms with van der Waals surface area (Å²) in [6, 6.07) is 8.65. The van der Waals surface area contributed by atoms with Crippen molar-refractivity contribution in [3.63, 3.8) is 0 Å². The Labute approximate surface area is 126 Å². The molecular weight excluding hydrogens is 266 g/mol. The summed E-state index contributed by atoms with van der Waals surface area (Å²) in [5.41, 5.74) is 2.45. The number of ether oxygens (including phenoxy) is 2. The predicted molar refractivity (Wildman–Crippen MR) is 80.8 cm³/mol. The van der Waals surface area contributed by atoms with Crippen LogP contribution in [0.5, 0.6) is 0 Å². The molecule has 4 nitrogen and oxygen atoms in total. The molecule has 3 unspecified atom stereocenters. The summed E-state index contributed by atoms with van der Waals surface area (Å²) in [6.07, 6.45) is 1.40. The third kappa shape index (κ3) is 2.99. The lowest BCUT2D eigenvalue weighted by atomic mass is 10.0. The average molecular weight is 291 g/mol. The summed E-state index contributed by atoms with van der Waals surface area (Å²) in [5.74, 6) is -0.0963. The van der Waals surface area contributed by atoms with Gasteiger partial charge in [-0.05, 0) is 31.4 Å². The van der Waals surface area contributed by atoms with E-state index in [4.69, 9.17) is 9.47 Å². The van der Waals surface area contributed by atoms with E-state index in [2.05, 4.69) is 30.4 Å². The van der Waals surface area contributed by atoms with Crippen LogP contribution in [0.2, 0.25) is 0 Å². The van der Waals surface area contributed by atoms with Gasteiger partial charge in [0.1, 0.15) is 0 Å². The zero-order chi connectivity index (χ0) is 14.9. The molecule has 1 spiro atoms. The maximum Gasteiger partial charge on any atom is 0.197 e. The first-order valence-electron chi connectivity index (χ1n) is 7.89. The highest BCUT2D eigenvalue weighted by molar-refractivity contribution is 5.39. The Morgan fingerprint density at radius 2 is 2.00 bits per heavy atom. The van der Waals surface area contributed by atoms with E-state index in [1.165, 1.54) is 11.1 Å². The van der Waals surface area contributed by atoms with Gasteiger partial charge in [-0.2, -0.15) is 0 Å². The van der Waals surface area contributed by atoms with E-state index in [1.807, 2.05) is 13.0 Å². The van der Waals surface area contributed by atoms with Crippen molar-refractivity contribution < 1.29 is 14.6 Å². The van der Waals surface area contributed by atoms with Gasteiger partial charge in [-0.1, -0.05) is 31.2 Å². The smallest absolute Gasteiger partial charge is 0.197 e. The van der Waals surface area contributed by atoms with Crippen molar-refractivity contribution in [1.29, 1.82) is 0 Å². The van der Waals surface area contributed by atoms with Gasteiger partial charge in [0.25, 0.3) is 0 Å². The zero-order valence-corrected chi connectivity index (χ0v) is 12.8. The van der Waals surface area contributed by atoms with Crippen LogP contribution in [-0.2, 0) is 15.3 Å². The number of fused-ring (bicyclic) bond motifs is 2. The van der Waals surface area contributed by atoms with Crippen LogP contribution in [0.3, 0.4) is 0 Å². The Bertz CT molecular complexity index is 483. The van der Waals surface area contributed by atoms with Crippen LogP contribution in [0.1, 0.15) is 43.9 Å². The number of aliphatic hydroxyl groups excluding tert-OH is 1. The normalized spacial score (nSPS) is 26.0. The number of aliphatic hydroxyl groups is 1. The minimum Gasteiger partial charge on any atom is -0.393 e. The van der Waals surface area contributed by atoms with Crippen LogP contribution in [0.4, 0.5) is 0 Å². The van der Waals surface area contributed by atoms with E-state index in [-0.39, 0.29) is 12.1 Å². The first-order valence-corrected chi connectivity index (χ1v) is 7.89. The summed E-state index contributed by atoms with van der Waals surface area (Å²) >= 11 is 0. The molecule has 2 N–H and O–H groups in total. The second-order valence-electron chi connectivity index (χ2n) is 6.39. The Kier molecular flexibility index (Phi) is 4.31. The molecule has 21 heavy (non-hydrogen) atoms. The fourth-order valence-corrected chi connectivity index (χ4v) is 3.56. The maximum atomic E-state index is 9.47. The summed E-state index contributed by atoms with van der Waals surface area (Å²) < 4.78 is 11.9. The van der Waals surface area contributed by atoms with Crippen molar-refractivity contribution in [1.82, 2.24) is 5.32 Å². The van der Waals surface area contributed by atoms with E-state index >= 15 is 0 Å². The Morgan fingerprint density at radius 1 is 1.29 bits per heavy atom. The van der Waals surface area contributed by atoms with Gasteiger partial charge in [0, 0.05) is 18.0 Å². The third-order valence-electron chi connectivity index (χ3n) is 4.43. The average Bonchev–Trinajstić information content (AvgIpc) is 3.04. The van der Waals surface area contributed by atoms with Crippen molar-refractivity contribution in [3.8, 4) is 0 Å². The maximum absolute atomic E-state index is 9.47. The van der Waals surface area contributed by atoms with Crippen LogP contribution < -0.4 is 5.32 Å². The van der Waals surface area contributed by atoms with Crippen molar-refractivity contribution in [3.05, 3.63) is 35.4 Å². The van der Waals surface area contributed by atoms with E-state index in [0.29, 0.717) is 19.1 Å². The molecule has 1 aliphatic carbocycles. The van der Waals surface area contributed by atoms with Crippen LogP contribution in [-0.4, -0.2) is 31.0 Å². The van der Waals surface area contributed by atoms with E-state index < -0.39 is 5.79 Å². The second kappa shape index (κ2) is 6.05. The highest BCUT2D eigenvalue weighted by atomic mass is 16.7. The Hall–Kier alpha value is -0.940. The molecule has 0 saturated carbocycles. The molecule has 0 amide bonds. The van der Waals surface area contributed by atoms with Gasteiger partial charge >= 0.3 is 0 Å². The third-order valence-corrected chi connectivity index (χ3v) is 4.43. The van der Waals surface area contributed by atoms with Crippen molar-refractivity contribution in [2.24, 2.45) is 5.92 Å². The molecule has 116 valence electrons. The molecule has 1 saturated heterocycles. The molecule has 1 aromatic rings. The Morgan fingerprint density at radius 3 is 2.71 bits per heavy atom. The number of rotatable bonds is 5. The molecule has 3 rings (SSSR count). The molecule has 1 aromatic carbocycles. The van der Waals surface area contributed by atoms with Gasteiger partial charge < -0.3 is 19.9 Å². The Balaban J connectivity index is 1.70. The zero-order valence-electron chi connectivity index (χ0n) is 12.8. The molecule has 1 heterocycles. The van der Waals surface area contributed by atoms with E-state index in [0.717, 1.165) is 19.4 Å². The van der Waals surface area contributed by atoms with Crippen LogP contribution in [0.25, 0.3) is 0 Å². The van der Waals surface area contributed by atoms with Crippen molar-refractivity contribution in [2.45, 2.75) is 44.6 Å². The van der Waals surface area contributed by atoms with Crippen molar-refractivity contribution >= 4 is 0 Å². The topological polar surface area (TPSA) is 50.7 Å². The first-order chi connectivity index (χ1) is 10.1. The monoisotopic (exact) mass is 291 g/mol. The van der Waals surface area contributed by atoms with Gasteiger partial charge in [-0.15, -0.1) is 0 Å². The van der Waals surface area contributed by atoms with Crippen LogP contribution in [0, 0.1) is 5.92 Å². The van der Waals surface area contributed by atoms with Gasteiger partial charge in [0.15, 0.2) is 5.79 Å². The minimum absolute atomic E-state index is 0.245. The van der Waals surface area contributed by atoms with Gasteiger partial charge in [-0.25, -0.2) is 0 Å². The molecule has 3 atom stereocenters.